The Balaban J connectivity index is 1.84. The molecule has 0 unspecified atom stereocenters. The van der Waals surface area contributed by atoms with Gasteiger partial charge in [0, 0.05) is 0 Å². The topological polar surface area (TPSA) is 38.9 Å². The van der Waals surface area contributed by atoms with E-state index >= 15 is 0 Å². The van der Waals surface area contributed by atoms with Crippen molar-refractivity contribution in [3.63, 3.8) is 0 Å². The standard InChI is InChI=1S/C11H17BrN2S/c12-10-9(14-11(13)15-10)7-6-8-4-2-1-3-5-8/h8H,1-7H2,(H2,13,14). The van der Waals surface area contributed by atoms with E-state index in [4.69, 9.17) is 5.73 Å². The zero-order valence-corrected chi connectivity index (χ0v) is 11.2. The third-order valence-electron chi connectivity index (χ3n) is 3.18. The molecule has 2 rings (SSSR count). The minimum Gasteiger partial charge on any atom is -0.375 e. The number of aromatic nitrogens is 1. The van der Waals surface area contributed by atoms with E-state index < -0.39 is 0 Å². The molecule has 0 aliphatic heterocycles. The monoisotopic (exact) mass is 288 g/mol. The van der Waals surface area contributed by atoms with Gasteiger partial charge in [-0.15, -0.1) is 0 Å². The van der Waals surface area contributed by atoms with Crippen LogP contribution in [-0.4, -0.2) is 4.98 Å². The number of nitrogens with two attached hydrogens (primary N) is 1. The van der Waals surface area contributed by atoms with Crippen molar-refractivity contribution in [1.82, 2.24) is 4.98 Å². The molecule has 0 amide bonds. The zero-order valence-electron chi connectivity index (χ0n) is 8.84. The van der Waals surface area contributed by atoms with Crippen LogP contribution in [0.1, 0.15) is 44.2 Å². The first-order valence-corrected chi connectivity index (χ1v) is 7.27. The van der Waals surface area contributed by atoms with Gasteiger partial charge >= 0.3 is 0 Å². The molecule has 15 heavy (non-hydrogen) atoms. The second-order valence-electron chi connectivity index (χ2n) is 4.32. The van der Waals surface area contributed by atoms with Gasteiger partial charge < -0.3 is 5.73 Å². The molecule has 1 aliphatic rings. The number of hydrogen-bond acceptors (Lipinski definition) is 3. The summed E-state index contributed by atoms with van der Waals surface area (Å²) in [5, 5.41) is 0.681. The van der Waals surface area contributed by atoms with Gasteiger partial charge in [0.05, 0.1) is 9.48 Å². The first-order valence-electron chi connectivity index (χ1n) is 5.66. The van der Waals surface area contributed by atoms with Crippen molar-refractivity contribution in [3.8, 4) is 0 Å². The Bertz CT molecular complexity index is 318. The number of halogens is 1. The van der Waals surface area contributed by atoms with Crippen LogP contribution in [-0.2, 0) is 6.42 Å². The van der Waals surface area contributed by atoms with E-state index in [0.29, 0.717) is 5.13 Å². The average Bonchev–Trinajstić information content (AvgIpc) is 2.56. The lowest BCUT2D eigenvalue weighted by molar-refractivity contribution is 0.338. The molecule has 84 valence electrons. The summed E-state index contributed by atoms with van der Waals surface area (Å²) in [6.07, 6.45) is 9.47. The predicted octanol–water partition coefficient (Wildman–Crippen LogP) is 4.00. The first-order chi connectivity index (χ1) is 7.25. The molecule has 4 heteroatoms. The summed E-state index contributed by atoms with van der Waals surface area (Å²) in [5.74, 6) is 0.925. The third kappa shape index (κ3) is 3.18. The Hall–Kier alpha value is -0.0900. The van der Waals surface area contributed by atoms with Crippen LogP contribution in [0.25, 0.3) is 0 Å². The van der Waals surface area contributed by atoms with Crippen molar-refractivity contribution in [2.75, 3.05) is 5.73 Å². The lowest BCUT2D eigenvalue weighted by atomic mass is 9.86. The lowest BCUT2D eigenvalue weighted by Gasteiger charge is -2.20. The second kappa shape index (κ2) is 5.30. The molecule has 2 nitrogen and oxygen atoms in total. The smallest absolute Gasteiger partial charge is 0.181 e. The fraction of sp³-hybridized carbons (Fsp3) is 0.727. The number of anilines is 1. The van der Waals surface area contributed by atoms with Crippen molar-refractivity contribution in [2.24, 2.45) is 5.92 Å². The lowest BCUT2D eigenvalue weighted by Crippen LogP contribution is -2.07. The van der Waals surface area contributed by atoms with E-state index in [1.807, 2.05) is 0 Å². The Morgan fingerprint density at radius 2 is 2.07 bits per heavy atom. The van der Waals surface area contributed by atoms with Crippen molar-refractivity contribution in [2.45, 2.75) is 44.9 Å². The summed E-state index contributed by atoms with van der Waals surface area (Å²) in [4.78, 5) is 4.34. The molecule has 1 heterocycles. The van der Waals surface area contributed by atoms with Crippen molar-refractivity contribution < 1.29 is 0 Å². The Kier molecular flexibility index (Phi) is 4.03. The molecular weight excluding hydrogens is 272 g/mol. The van der Waals surface area contributed by atoms with Crippen LogP contribution in [0.2, 0.25) is 0 Å². The maximum atomic E-state index is 5.67. The molecule has 1 aromatic rings. The van der Waals surface area contributed by atoms with Crippen molar-refractivity contribution >= 4 is 32.4 Å². The molecule has 0 radical (unpaired) electrons. The highest BCUT2D eigenvalue weighted by Gasteiger charge is 2.15. The first kappa shape index (κ1) is 11.4. The van der Waals surface area contributed by atoms with Gasteiger partial charge in [-0.25, -0.2) is 4.98 Å². The number of thiazole rings is 1. The number of aryl methyl sites for hydroxylation is 1. The Labute approximate surface area is 103 Å². The quantitative estimate of drug-likeness (QED) is 0.913. The van der Waals surface area contributed by atoms with Crippen LogP contribution in [0.4, 0.5) is 5.13 Å². The molecule has 0 aromatic carbocycles. The van der Waals surface area contributed by atoms with Crippen molar-refractivity contribution in [1.29, 1.82) is 0 Å². The van der Waals surface area contributed by atoms with Crippen LogP contribution in [0, 0.1) is 5.92 Å². The van der Waals surface area contributed by atoms with Gasteiger partial charge in [-0.05, 0) is 34.7 Å². The molecule has 0 saturated heterocycles. The molecule has 2 N–H and O–H groups in total. The highest BCUT2D eigenvalue weighted by Crippen LogP contribution is 2.31. The van der Waals surface area contributed by atoms with Crippen LogP contribution >= 0.6 is 27.3 Å². The average molecular weight is 289 g/mol. The van der Waals surface area contributed by atoms with Gasteiger partial charge in [-0.3, -0.25) is 0 Å². The van der Waals surface area contributed by atoms with E-state index in [9.17, 15) is 0 Å². The minimum atomic E-state index is 0.681. The van der Waals surface area contributed by atoms with Crippen LogP contribution in [0.5, 0.6) is 0 Å². The third-order valence-corrected chi connectivity index (χ3v) is 4.84. The fourth-order valence-electron chi connectivity index (χ4n) is 2.32. The molecule has 1 fully saturated rings. The number of rotatable bonds is 3. The van der Waals surface area contributed by atoms with Crippen LogP contribution in [0.15, 0.2) is 3.79 Å². The van der Waals surface area contributed by atoms with Crippen LogP contribution < -0.4 is 5.73 Å². The van der Waals surface area contributed by atoms with Gasteiger partial charge in [0.1, 0.15) is 0 Å². The van der Waals surface area contributed by atoms with E-state index in [1.165, 1.54) is 49.9 Å². The maximum Gasteiger partial charge on any atom is 0.181 e. The van der Waals surface area contributed by atoms with Gasteiger partial charge in [0.15, 0.2) is 5.13 Å². The van der Waals surface area contributed by atoms with E-state index in [-0.39, 0.29) is 0 Å². The van der Waals surface area contributed by atoms with Gasteiger partial charge in [-0.2, -0.15) is 0 Å². The summed E-state index contributed by atoms with van der Waals surface area (Å²) in [6.45, 7) is 0. The Morgan fingerprint density at radius 1 is 1.33 bits per heavy atom. The maximum absolute atomic E-state index is 5.67. The van der Waals surface area contributed by atoms with E-state index in [0.717, 1.165) is 21.8 Å². The van der Waals surface area contributed by atoms with Gasteiger partial charge in [0.2, 0.25) is 0 Å². The SMILES string of the molecule is Nc1nc(CCC2CCCCC2)c(Br)s1. The predicted molar refractivity (Wildman–Crippen MR) is 69.1 cm³/mol. The molecule has 1 aromatic heterocycles. The molecule has 1 saturated carbocycles. The summed E-state index contributed by atoms with van der Waals surface area (Å²) >= 11 is 5.06. The van der Waals surface area contributed by atoms with Crippen LogP contribution in [0.3, 0.4) is 0 Å². The molecule has 1 aliphatic carbocycles. The zero-order chi connectivity index (χ0) is 10.7. The highest BCUT2D eigenvalue weighted by atomic mass is 79.9. The fourth-order valence-corrected chi connectivity index (χ4v) is 3.71. The van der Waals surface area contributed by atoms with E-state index in [2.05, 4.69) is 20.9 Å². The van der Waals surface area contributed by atoms with E-state index in [1.54, 1.807) is 0 Å². The number of hydrogen-bond donors (Lipinski definition) is 1. The molecule has 0 bridgehead atoms. The number of nitrogens with zero attached hydrogens (tertiary/aromatic N) is 1. The van der Waals surface area contributed by atoms with Crippen molar-refractivity contribution in [3.05, 3.63) is 9.48 Å². The summed E-state index contributed by atoms with van der Waals surface area (Å²) < 4.78 is 1.12. The summed E-state index contributed by atoms with van der Waals surface area (Å²) in [5.41, 5.74) is 6.82. The molecule has 0 spiro atoms. The van der Waals surface area contributed by atoms with Gasteiger partial charge in [-0.1, -0.05) is 43.4 Å². The summed E-state index contributed by atoms with van der Waals surface area (Å²) in [7, 11) is 0. The number of nitrogen functional groups attached to an aromatic ring is 1. The van der Waals surface area contributed by atoms with Gasteiger partial charge in [0.25, 0.3) is 0 Å². The minimum absolute atomic E-state index is 0.681. The second-order valence-corrected chi connectivity index (χ2v) is 6.66. The molecule has 0 atom stereocenters. The largest absolute Gasteiger partial charge is 0.375 e. The normalized spacial score (nSPS) is 18.2. The highest BCUT2D eigenvalue weighted by molar-refractivity contribution is 9.11. The Morgan fingerprint density at radius 3 is 2.67 bits per heavy atom. The summed E-state index contributed by atoms with van der Waals surface area (Å²) in [6, 6.07) is 0. The molecular formula is C11H17BrN2S.